The molecule has 0 saturated carbocycles. The fraction of sp³-hybridized carbons (Fsp3) is 0.400. The number of aromatic nitrogens is 1. The highest BCUT2D eigenvalue weighted by molar-refractivity contribution is 7.89. The second-order valence-corrected chi connectivity index (χ2v) is 12.9. The van der Waals surface area contributed by atoms with E-state index < -0.39 is 15.8 Å². The molecule has 10 heteroatoms. The second kappa shape index (κ2) is 13.2. The van der Waals surface area contributed by atoms with E-state index in [1.807, 2.05) is 19.1 Å². The highest BCUT2D eigenvalue weighted by Gasteiger charge is 2.37. The molecule has 1 fully saturated rings. The van der Waals surface area contributed by atoms with Crippen molar-refractivity contribution in [3.63, 3.8) is 0 Å². The number of amides is 1. The summed E-state index contributed by atoms with van der Waals surface area (Å²) in [5.41, 5.74) is 1.62. The first-order valence-electron chi connectivity index (χ1n) is 13.5. The average Bonchev–Trinajstić information content (AvgIpc) is 2.92. The molecule has 2 aromatic carbocycles. The van der Waals surface area contributed by atoms with Crippen molar-refractivity contribution in [1.29, 1.82) is 0 Å². The fourth-order valence-electron chi connectivity index (χ4n) is 5.36. The van der Waals surface area contributed by atoms with Crippen LogP contribution < -0.4 is 10.6 Å². The van der Waals surface area contributed by atoms with E-state index in [4.69, 9.17) is 11.6 Å². The molecular formula is C30H36ClFN4O3S. The Hall–Kier alpha value is -2.85. The number of rotatable bonds is 10. The van der Waals surface area contributed by atoms with E-state index in [-0.39, 0.29) is 47.6 Å². The number of carbonyl (C=O) groups is 1. The fourth-order valence-corrected chi connectivity index (χ4v) is 7.35. The lowest BCUT2D eigenvalue weighted by Gasteiger charge is -2.40. The Labute approximate surface area is 241 Å². The molecule has 3 aromatic rings. The van der Waals surface area contributed by atoms with E-state index in [0.29, 0.717) is 35.8 Å². The highest BCUT2D eigenvalue weighted by atomic mass is 35.5. The zero-order chi connectivity index (χ0) is 28.9. The molecule has 1 unspecified atom stereocenters. The van der Waals surface area contributed by atoms with Gasteiger partial charge in [0.15, 0.2) is 0 Å². The minimum absolute atomic E-state index is 0.0474. The summed E-state index contributed by atoms with van der Waals surface area (Å²) >= 11 is 6.04. The molecule has 1 amide bonds. The Balaban J connectivity index is 1.50. The van der Waals surface area contributed by atoms with Crippen LogP contribution in [0, 0.1) is 11.7 Å². The number of halogens is 2. The third kappa shape index (κ3) is 7.07. The summed E-state index contributed by atoms with van der Waals surface area (Å²) in [6.07, 6.45) is 3.38. The van der Waals surface area contributed by atoms with E-state index in [2.05, 4.69) is 29.5 Å². The SMILES string of the molecule is CC(C)C(CC(=O)Nc1cncc(F)c1CC[C@H]1CNC[C@H](C)N1S(=O)(=O)c1ccccc1)c1ccc(Cl)cc1. The van der Waals surface area contributed by atoms with Gasteiger partial charge in [-0.05, 0) is 61.4 Å². The molecule has 0 bridgehead atoms. The standard InChI is InChI=1S/C30H36ClFN4O3S/c1-20(2)27(22-9-11-23(31)12-10-22)15-30(37)35-29-19-34-18-28(32)26(29)14-13-24-17-33-16-21(3)36(24)40(38,39)25-7-5-4-6-8-25/h4-12,18-21,24,27,33H,13-17H2,1-3H3,(H,35,37)/t21-,24-,27?/m0/s1. The Morgan fingerprint density at radius 3 is 2.50 bits per heavy atom. The predicted molar refractivity (Wildman–Crippen MR) is 156 cm³/mol. The van der Waals surface area contributed by atoms with Crippen LogP contribution in [0.15, 0.2) is 71.9 Å². The van der Waals surface area contributed by atoms with Crippen molar-refractivity contribution in [3.05, 3.63) is 89.0 Å². The second-order valence-electron chi connectivity index (χ2n) is 10.6. The minimum atomic E-state index is -3.75. The lowest BCUT2D eigenvalue weighted by atomic mass is 9.85. The molecule has 7 nitrogen and oxygen atoms in total. The van der Waals surface area contributed by atoms with Gasteiger partial charge in [-0.25, -0.2) is 12.8 Å². The summed E-state index contributed by atoms with van der Waals surface area (Å²) in [7, 11) is -3.75. The number of nitrogens with one attached hydrogen (secondary N) is 2. The molecule has 0 spiro atoms. The highest BCUT2D eigenvalue weighted by Crippen LogP contribution is 2.31. The number of nitrogens with zero attached hydrogens (tertiary/aromatic N) is 2. The molecule has 4 rings (SSSR count). The van der Waals surface area contributed by atoms with Crippen molar-refractivity contribution in [2.24, 2.45) is 5.92 Å². The van der Waals surface area contributed by atoms with Gasteiger partial charge in [0.05, 0.1) is 23.0 Å². The van der Waals surface area contributed by atoms with Gasteiger partial charge in [0, 0.05) is 42.2 Å². The summed E-state index contributed by atoms with van der Waals surface area (Å²) in [5.74, 6) is -0.641. The largest absolute Gasteiger partial charge is 0.324 e. The quantitative estimate of drug-likeness (QED) is 0.321. The van der Waals surface area contributed by atoms with Crippen molar-refractivity contribution < 1.29 is 17.6 Å². The summed E-state index contributed by atoms with van der Waals surface area (Å²) in [4.78, 5) is 17.3. The minimum Gasteiger partial charge on any atom is -0.324 e. The Morgan fingerprint density at radius 1 is 1.12 bits per heavy atom. The van der Waals surface area contributed by atoms with E-state index in [9.17, 15) is 13.2 Å². The van der Waals surface area contributed by atoms with E-state index in [1.54, 1.807) is 42.5 Å². The molecule has 1 aromatic heterocycles. The van der Waals surface area contributed by atoms with Crippen molar-refractivity contribution in [1.82, 2.24) is 14.6 Å². The average molecular weight is 587 g/mol. The third-order valence-electron chi connectivity index (χ3n) is 7.45. The van der Waals surface area contributed by atoms with Crippen LogP contribution in [0.2, 0.25) is 5.02 Å². The van der Waals surface area contributed by atoms with Gasteiger partial charge in [-0.15, -0.1) is 0 Å². The zero-order valence-corrected chi connectivity index (χ0v) is 24.6. The smallest absolute Gasteiger partial charge is 0.243 e. The van der Waals surface area contributed by atoms with Gasteiger partial charge in [-0.1, -0.05) is 55.8 Å². The number of carbonyl (C=O) groups excluding carboxylic acids is 1. The number of benzene rings is 2. The van der Waals surface area contributed by atoms with Crippen LogP contribution >= 0.6 is 11.6 Å². The van der Waals surface area contributed by atoms with Gasteiger partial charge in [-0.3, -0.25) is 9.78 Å². The number of anilines is 1. The Morgan fingerprint density at radius 2 is 1.82 bits per heavy atom. The first kappa shape index (κ1) is 30.1. The Kier molecular flexibility index (Phi) is 9.94. The maximum absolute atomic E-state index is 15.0. The van der Waals surface area contributed by atoms with Crippen molar-refractivity contribution in [2.45, 2.75) is 62.9 Å². The van der Waals surface area contributed by atoms with Gasteiger partial charge < -0.3 is 10.6 Å². The summed E-state index contributed by atoms with van der Waals surface area (Å²) in [6.45, 7) is 6.94. The molecular weight excluding hydrogens is 551 g/mol. The molecule has 40 heavy (non-hydrogen) atoms. The van der Waals surface area contributed by atoms with Crippen LogP contribution in [0.25, 0.3) is 0 Å². The van der Waals surface area contributed by atoms with Crippen LogP contribution in [0.5, 0.6) is 0 Å². The van der Waals surface area contributed by atoms with Gasteiger partial charge in [0.1, 0.15) is 5.82 Å². The first-order chi connectivity index (χ1) is 19.1. The zero-order valence-electron chi connectivity index (χ0n) is 23.0. The molecule has 1 saturated heterocycles. The van der Waals surface area contributed by atoms with E-state index in [1.165, 1.54) is 10.5 Å². The van der Waals surface area contributed by atoms with Gasteiger partial charge in [0.2, 0.25) is 15.9 Å². The maximum atomic E-state index is 15.0. The molecule has 0 aliphatic carbocycles. The first-order valence-corrected chi connectivity index (χ1v) is 15.4. The van der Waals surface area contributed by atoms with Gasteiger partial charge >= 0.3 is 0 Å². The van der Waals surface area contributed by atoms with Crippen LogP contribution in [-0.4, -0.2) is 48.8 Å². The van der Waals surface area contributed by atoms with Crippen LogP contribution in [0.3, 0.4) is 0 Å². The Bertz CT molecular complexity index is 1400. The maximum Gasteiger partial charge on any atom is 0.243 e. The molecule has 1 aliphatic rings. The van der Waals surface area contributed by atoms with Gasteiger partial charge in [0.25, 0.3) is 0 Å². The molecule has 1 aliphatic heterocycles. The number of sulfonamides is 1. The van der Waals surface area contributed by atoms with Crippen molar-refractivity contribution in [3.8, 4) is 0 Å². The topological polar surface area (TPSA) is 91.4 Å². The normalized spacial score (nSPS) is 18.9. The molecule has 2 heterocycles. The lowest BCUT2D eigenvalue weighted by molar-refractivity contribution is -0.116. The third-order valence-corrected chi connectivity index (χ3v) is 9.78. The lowest BCUT2D eigenvalue weighted by Crippen LogP contribution is -2.58. The number of hydrogen-bond donors (Lipinski definition) is 2. The summed E-state index contributed by atoms with van der Waals surface area (Å²) in [6, 6.07) is 15.2. The molecule has 0 radical (unpaired) electrons. The van der Waals surface area contributed by atoms with Crippen molar-refractivity contribution in [2.75, 3.05) is 18.4 Å². The van der Waals surface area contributed by atoms with E-state index >= 15 is 4.39 Å². The van der Waals surface area contributed by atoms with Gasteiger partial charge in [-0.2, -0.15) is 4.31 Å². The van der Waals surface area contributed by atoms with Crippen LogP contribution in [0.4, 0.5) is 10.1 Å². The van der Waals surface area contributed by atoms with Crippen molar-refractivity contribution >= 4 is 33.2 Å². The predicted octanol–water partition coefficient (Wildman–Crippen LogP) is 5.63. The van der Waals surface area contributed by atoms with Crippen LogP contribution in [-0.2, 0) is 21.2 Å². The molecule has 3 atom stereocenters. The van der Waals surface area contributed by atoms with Crippen LogP contribution in [0.1, 0.15) is 50.7 Å². The number of hydrogen-bond acceptors (Lipinski definition) is 5. The summed E-state index contributed by atoms with van der Waals surface area (Å²) < 4.78 is 43.7. The molecule has 2 N–H and O–H groups in total. The monoisotopic (exact) mass is 586 g/mol. The van der Waals surface area contributed by atoms with E-state index in [0.717, 1.165) is 11.8 Å². The number of pyridine rings is 1. The number of piperazine rings is 1. The molecule has 214 valence electrons. The summed E-state index contributed by atoms with van der Waals surface area (Å²) in [5, 5.41) is 6.79.